The first-order valence-corrected chi connectivity index (χ1v) is 8.35. The molecule has 3 aromatic rings. The summed E-state index contributed by atoms with van der Waals surface area (Å²) in [6.45, 7) is 2.65. The minimum Gasteiger partial charge on any atom is -0.419 e. The van der Waals surface area contributed by atoms with Crippen LogP contribution < -0.4 is 0 Å². The Labute approximate surface area is 155 Å². The van der Waals surface area contributed by atoms with Gasteiger partial charge in [0.15, 0.2) is 0 Å². The molecule has 3 rings (SSSR count). The minimum absolute atomic E-state index is 0.0168. The number of rotatable bonds is 6. The van der Waals surface area contributed by atoms with Gasteiger partial charge >= 0.3 is 0 Å². The number of benzene rings is 2. The fourth-order valence-corrected chi connectivity index (χ4v) is 2.71. The van der Waals surface area contributed by atoms with E-state index in [0.29, 0.717) is 28.9 Å². The monoisotopic (exact) mass is 372 g/mol. The van der Waals surface area contributed by atoms with Crippen molar-refractivity contribution >= 4 is 17.3 Å². The van der Waals surface area contributed by atoms with E-state index in [4.69, 9.17) is 16.0 Å². The van der Waals surface area contributed by atoms with Gasteiger partial charge in [0, 0.05) is 29.3 Å². The average molecular weight is 373 g/mol. The van der Waals surface area contributed by atoms with Crippen LogP contribution in [0.1, 0.15) is 24.4 Å². The second kappa shape index (κ2) is 7.63. The second-order valence-electron chi connectivity index (χ2n) is 5.97. The summed E-state index contributed by atoms with van der Waals surface area (Å²) in [7, 11) is 1.96. The summed E-state index contributed by atoms with van der Waals surface area (Å²) in [6.07, 6.45) is 0. The van der Waals surface area contributed by atoms with E-state index in [1.165, 1.54) is 12.1 Å². The molecule has 7 nitrogen and oxygen atoms in total. The molecule has 1 aromatic heterocycles. The first-order valence-electron chi connectivity index (χ1n) is 7.97. The van der Waals surface area contributed by atoms with E-state index < -0.39 is 4.92 Å². The van der Waals surface area contributed by atoms with E-state index in [9.17, 15) is 10.1 Å². The van der Waals surface area contributed by atoms with Crippen LogP contribution in [0.25, 0.3) is 11.5 Å². The zero-order valence-corrected chi connectivity index (χ0v) is 15.1. The van der Waals surface area contributed by atoms with E-state index in [-0.39, 0.29) is 11.7 Å². The fourth-order valence-electron chi connectivity index (χ4n) is 2.49. The summed E-state index contributed by atoms with van der Waals surface area (Å²) in [5, 5.41) is 19.6. The van der Waals surface area contributed by atoms with Crippen molar-refractivity contribution in [3.63, 3.8) is 0 Å². The van der Waals surface area contributed by atoms with Gasteiger partial charge in [-0.15, -0.1) is 10.2 Å². The van der Waals surface area contributed by atoms with E-state index in [1.807, 2.05) is 38.2 Å². The van der Waals surface area contributed by atoms with Crippen molar-refractivity contribution < 1.29 is 9.34 Å². The maximum atomic E-state index is 10.7. The van der Waals surface area contributed by atoms with E-state index in [1.54, 1.807) is 12.1 Å². The lowest BCUT2D eigenvalue weighted by molar-refractivity contribution is -0.384. The van der Waals surface area contributed by atoms with E-state index >= 15 is 0 Å². The van der Waals surface area contributed by atoms with Crippen molar-refractivity contribution in [1.29, 1.82) is 0 Å². The number of aromatic nitrogens is 2. The molecule has 26 heavy (non-hydrogen) atoms. The molecule has 1 heterocycles. The van der Waals surface area contributed by atoms with Gasteiger partial charge in [-0.2, -0.15) is 0 Å². The number of nitrogens with zero attached hydrogens (tertiary/aromatic N) is 4. The van der Waals surface area contributed by atoms with Gasteiger partial charge < -0.3 is 4.42 Å². The smallest absolute Gasteiger partial charge is 0.269 e. The van der Waals surface area contributed by atoms with Crippen LogP contribution in [-0.4, -0.2) is 27.1 Å². The van der Waals surface area contributed by atoms with Crippen LogP contribution in [0.4, 0.5) is 5.69 Å². The van der Waals surface area contributed by atoms with Gasteiger partial charge in [-0.3, -0.25) is 15.0 Å². The Hall–Kier alpha value is -2.77. The average Bonchev–Trinajstić information content (AvgIpc) is 3.11. The Morgan fingerprint density at radius 1 is 1.23 bits per heavy atom. The summed E-state index contributed by atoms with van der Waals surface area (Å²) in [5.41, 5.74) is 1.74. The Morgan fingerprint density at radius 2 is 1.96 bits per heavy atom. The largest absolute Gasteiger partial charge is 0.419 e. The first-order chi connectivity index (χ1) is 12.4. The highest BCUT2D eigenvalue weighted by Gasteiger charge is 2.19. The van der Waals surface area contributed by atoms with Gasteiger partial charge in [0.25, 0.3) is 5.69 Å². The summed E-state index contributed by atoms with van der Waals surface area (Å²) < 4.78 is 5.75. The standard InChI is InChI=1S/C18H17ClN4O3/c1-12(22(2)11-13-4-3-5-15(19)10-13)17-20-21-18(26-17)14-6-8-16(9-7-14)23(24)25/h3-10,12H,11H2,1-2H3/t12-/m1/s1. The minimum atomic E-state index is -0.449. The number of hydrogen-bond donors (Lipinski definition) is 0. The van der Waals surface area contributed by atoms with Gasteiger partial charge in [0.05, 0.1) is 11.0 Å². The summed E-state index contributed by atoms with van der Waals surface area (Å²) in [5.74, 6) is 0.806. The van der Waals surface area contributed by atoms with Crippen molar-refractivity contribution in [1.82, 2.24) is 15.1 Å². The lowest BCUT2D eigenvalue weighted by atomic mass is 10.2. The van der Waals surface area contributed by atoms with Crippen molar-refractivity contribution in [3.8, 4) is 11.5 Å². The van der Waals surface area contributed by atoms with Crippen molar-refractivity contribution in [3.05, 3.63) is 75.1 Å². The van der Waals surface area contributed by atoms with Crippen LogP contribution in [0.5, 0.6) is 0 Å². The molecule has 0 fully saturated rings. The molecule has 0 aliphatic rings. The predicted octanol–water partition coefficient (Wildman–Crippen LogP) is 4.49. The van der Waals surface area contributed by atoms with Gasteiger partial charge in [-0.1, -0.05) is 23.7 Å². The molecule has 134 valence electrons. The van der Waals surface area contributed by atoms with Crippen LogP contribution in [-0.2, 0) is 6.54 Å². The highest BCUT2D eigenvalue weighted by atomic mass is 35.5. The number of nitro benzene ring substituents is 1. The van der Waals surface area contributed by atoms with E-state index in [0.717, 1.165) is 5.56 Å². The number of non-ortho nitro benzene ring substituents is 1. The van der Waals surface area contributed by atoms with Crippen molar-refractivity contribution in [2.45, 2.75) is 19.5 Å². The summed E-state index contributed by atoms with van der Waals surface area (Å²) >= 11 is 6.03. The molecule has 0 saturated heterocycles. The molecule has 0 saturated carbocycles. The zero-order chi connectivity index (χ0) is 18.7. The fraction of sp³-hybridized carbons (Fsp3) is 0.222. The highest BCUT2D eigenvalue weighted by Crippen LogP contribution is 2.26. The van der Waals surface area contributed by atoms with Crippen LogP contribution in [0.3, 0.4) is 0 Å². The van der Waals surface area contributed by atoms with Crippen LogP contribution in [0.15, 0.2) is 52.9 Å². The first kappa shape index (κ1) is 18.0. The number of hydrogen-bond acceptors (Lipinski definition) is 6. The third-order valence-electron chi connectivity index (χ3n) is 4.11. The van der Waals surface area contributed by atoms with Crippen molar-refractivity contribution in [2.24, 2.45) is 0 Å². The maximum Gasteiger partial charge on any atom is 0.269 e. The Bertz CT molecular complexity index is 911. The molecular formula is C18H17ClN4O3. The molecular weight excluding hydrogens is 356 g/mol. The van der Waals surface area contributed by atoms with Crippen LogP contribution in [0, 0.1) is 10.1 Å². The highest BCUT2D eigenvalue weighted by molar-refractivity contribution is 6.30. The van der Waals surface area contributed by atoms with Gasteiger partial charge in [0.2, 0.25) is 11.8 Å². The molecule has 0 spiro atoms. The Kier molecular flexibility index (Phi) is 5.29. The molecule has 0 N–H and O–H groups in total. The topological polar surface area (TPSA) is 85.3 Å². The van der Waals surface area contributed by atoms with Gasteiger partial charge in [0.1, 0.15) is 0 Å². The number of halogens is 1. The molecule has 8 heteroatoms. The second-order valence-corrected chi connectivity index (χ2v) is 6.41. The number of nitro groups is 1. The van der Waals surface area contributed by atoms with Crippen LogP contribution >= 0.6 is 11.6 Å². The molecule has 1 atom stereocenters. The maximum absolute atomic E-state index is 10.7. The van der Waals surface area contributed by atoms with Gasteiger partial charge in [-0.05, 0) is 43.8 Å². The summed E-state index contributed by atoms with van der Waals surface area (Å²) in [6, 6.07) is 13.6. The zero-order valence-electron chi connectivity index (χ0n) is 14.3. The summed E-state index contributed by atoms with van der Waals surface area (Å²) in [4.78, 5) is 12.3. The normalized spacial score (nSPS) is 12.3. The Morgan fingerprint density at radius 3 is 2.62 bits per heavy atom. The molecule has 0 bridgehead atoms. The lowest BCUT2D eigenvalue weighted by Gasteiger charge is -2.21. The molecule has 0 amide bonds. The quantitative estimate of drug-likeness (QED) is 0.468. The molecule has 0 aliphatic carbocycles. The van der Waals surface area contributed by atoms with Crippen molar-refractivity contribution in [2.75, 3.05) is 7.05 Å². The molecule has 0 radical (unpaired) electrons. The molecule has 0 aliphatic heterocycles. The van der Waals surface area contributed by atoms with E-state index in [2.05, 4.69) is 15.1 Å². The SMILES string of the molecule is C[C@H](c1nnc(-c2ccc([N+](=O)[O-])cc2)o1)N(C)Cc1cccc(Cl)c1. The molecule has 0 unspecified atom stereocenters. The van der Waals surface area contributed by atoms with Gasteiger partial charge in [-0.25, -0.2) is 0 Å². The lowest BCUT2D eigenvalue weighted by Crippen LogP contribution is -2.22. The third-order valence-corrected chi connectivity index (χ3v) is 4.34. The third kappa shape index (κ3) is 4.07. The Balaban J connectivity index is 1.72. The molecule has 2 aromatic carbocycles. The predicted molar refractivity (Wildman–Crippen MR) is 97.7 cm³/mol. The van der Waals surface area contributed by atoms with Crippen LogP contribution in [0.2, 0.25) is 5.02 Å².